The van der Waals surface area contributed by atoms with E-state index >= 15 is 0 Å². The van der Waals surface area contributed by atoms with E-state index in [-0.39, 0.29) is 20.9 Å². The van der Waals surface area contributed by atoms with Gasteiger partial charge in [-0.2, -0.15) is 18.1 Å². The third-order valence-corrected chi connectivity index (χ3v) is 4.33. The highest BCUT2D eigenvalue weighted by molar-refractivity contribution is 7.22. The van der Waals surface area contributed by atoms with E-state index < -0.39 is 35.1 Å². The molecule has 10 heteroatoms. The lowest BCUT2D eigenvalue weighted by atomic mass is 10.1. The number of benzene rings is 1. The van der Waals surface area contributed by atoms with Crippen LogP contribution in [0.2, 0.25) is 0 Å². The fourth-order valence-corrected chi connectivity index (χ4v) is 3.35. The zero-order valence-electron chi connectivity index (χ0n) is 17.2. The van der Waals surface area contributed by atoms with Crippen molar-refractivity contribution in [3.63, 3.8) is 0 Å². The van der Waals surface area contributed by atoms with E-state index in [1.807, 2.05) is 0 Å². The third kappa shape index (κ3) is 5.81. The lowest BCUT2D eigenvalue weighted by Crippen LogP contribution is -2.43. The van der Waals surface area contributed by atoms with Gasteiger partial charge in [0.2, 0.25) is 5.13 Å². The monoisotopic (exact) mass is 432 g/mol. The Morgan fingerprint density at radius 2 is 1.45 bits per heavy atom. The van der Waals surface area contributed by atoms with Crippen LogP contribution in [0.5, 0.6) is 0 Å². The molecule has 1 aromatic carbocycles. The fraction of sp³-hybridized carbons (Fsp3) is 0.526. The van der Waals surface area contributed by atoms with Crippen LogP contribution in [0.15, 0.2) is 12.1 Å². The lowest BCUT2D eigenvalue weighted by molar-refractivity contribution is -0.137. The number of nitrogens with zero attached hydrogens (tertiary/aromatic N) is 2. The summed E-state index contributed by atoms with van der Waals surface area (Å²) < 4.78 is 50.1. The van der Waals surface area contributed by atoms with Gasteiger partial charge in [0.15, 0.2) is 0 Å². The normalized spacial score (nSPS) is 12.8. The van der Waals surface area contributed by atoms with Crippen LogP contribution >= 0.6 is 11.3 Å². The number of aryl methyl sites for hydroxylation is 1. The van der Waals surface area contributed by atoms with Gasteiger partial charge in [-0.05, 0) is 66.2 Å². The molecule has 0 saturated heterocycles. The molecule has 2 aromatic rings. The van der Waals surface area contributed by atoms with Gasteiger partial charge in [-0.3, -0.25) is 0 Å². The van der Waals surface area contributed by atoms with Crippen LogP contribution in [-0.2, 0) is 15.7 Å². The van der Waals surface area contributed by atoms with Crippen LogP contribution in [0.4, 0.5) is 27.9 Å². The summed E-state index contributed by atoms with van der Waals surface area (Å²) in [5.41, 5.74) is -2.12. The van der Waals surface area contributed by atoms with Crippen LogP contribution < -0.4 is 4.90 Å². The number of halogens is 3. The number of amides is 2. The summed E-state index contributed by atoms with van der Waals surface area (Å²) in [4.78, 5) is 30.1. The van der Waals surface area contributed by atoms with Crippen molar-refractivity contribution in [1.82, 2.24) is 4.98 Å². The molecule has 0 bridgehead atoms. The predicted molar refractivity (Wildman–Crippen MR) is 104 cm³/mol. The van der Waals surface area contributed by atoms with Crippen molar-refractivity contribution < 1.29 is 32.2 Å². The molecule has 1 aromatic heterocycles. The van der Waals surface area contributed by atoms with E-state index in [9.17, 15) is 22.8 Å². The minimum atomic E-state index is -4.53. The average molecular weight is 432 g/mol. The number of thiazole rings is 1. The molecule has 0 fully saturated rings. The smallest absolute Gasteiger partial charge is 0.426 e. The Morgan fingerprint density at radius 3 is 1.86 bits per heavy atom. The molecule has 0 saturated carbocycles. The van der Waals surface area contributed by atoms with Crippen LogP contribution in [0.1, 0.15) is 52.7 Å². The fourth-order valence-electron chi connectivity index (χ4n) is 2.29. The summed E-state index contributed by atoms with van der Waals surface area (Å²) in [6.07, 6.45) is -6.59. The van der Waals surface area contributed by atoms with Gasteiger partial charge in [0.1, 0.15) is 11.2 Å². The van der Waals surface area contributed by atoms with E-state index in [1.54, 1.807) is 41.5 Å². The molecular formula is C19H23F3N2O4S. The quantitative estimate of drug-likeness (QED) is 0.529. The summed E-state index contributed by atoms with van der Waals surface area (Å²) in [6.45, 7) is 11.2. The van der Waals surface area contributed by atoms with Gasteiger partial charge in [0, 0.05) is 0 Å². The number of hydrogen-bond donors (Lipinski definition) is 0. The maximum Gasteiger partial charge on any atom is 0.426 e. The first kappa shape index (κ1) is 22.9. The number of hydrogen-bond acceptors (Lipinski definition) is 6. The van der Waals surface area contributed by atoms with Gasteiger partial charge in [-0.1, -0.05) is 11.3 Å². The molecule has 1 heterocycles. The molecule has 0 atom stereocenters. The molecular weight excluding hydrogens is 409 g/mol. The SMILES string of the molecule is Cc1cc(C(F)(F)F)cc2sc(N(C(=O)OC(C)(C)C)C(=O)OC(C)(C)C)nc12. The number of fused-ring (bicyclic) bond motifs is 1. The van der Waals surface area contributed by atoms with Crippen molar-refractivity contribution in [1.29, 1.82) is 0 Å². The maximum absolute atomic E-state index is 13.1. The second kappa shape index (κ2) is 7.47. The summed E-state index contributed by atoms with van der Waals surface area (Å²) in [5, 5.41) is -0.133. The number of anilines is 1. The number of alkyl halides is 3. The van der Waals surface area contributed by atoms with Crippen molar-refractivity contribution in [2.24, 2.45) is 0 Å². The van der Waals surface area contributed by atoms with Crippen LogP contribution in [0, 0.1) is 6.92 Å². The Kier molecular flexibility index (Phi) is 5.91. The van der Waals surface area contributed by atoms with Crippen molar-refractivity contribution in [3.05, 3.63) is 23.3 Å². The van der Waals surface area contributed by atoms with Gasteiger partial charge in [0.05, 0.1) is 15.8 Å². The van der Waals surface area contributed by atoms with Crippen LogP contribution in [0.3, 0.4) is 0 Å². The highest BCUT2D eigenvalue weighted by atomic mass is 32.1. The molecule has 0 unspecified atom stereocenters. The molecule has 2 rings (SSSR count). The highest BCUT2D eigenvalue weighted by Gasteiger charge is 2.36. The maximum atomic E-state index is 13.1. The summed E-state index contributed by atoms with van der Waals surface area (Å²) in [7, 11) is 0. The molecule has 29 heavy (non-hydrogen) atoms. The number of aromatic nitrogens is 1. The van der Waals surface area contributed by atoms with Gasteiger partial charge in [0.25, 0.3) is 0 Å². The molecule has 6 nitrogen and oxygen atoms in total. The number of ether oxygens (including phenoxy) is 2. The first-order chi connectivity index (χ1) is 13.0. The molecule has 0 aliphatic carbocycles. The third-order valence-electron chi connectivity index (χ3n) is 3.34. The van der Waals surface area contributed by atoms with Gasteiger partial charge >= 0.3 is 18.4 Å². The molecule has 0 spiro atoms. The summed E-state index contributed by atoms with van der Waals surface area (Å²) >= 11 is 0.772. The Hall–Kier alpha value is -2.36. The number of imide groups is 1. The number of carbonyl (C=O) groups is 2. The van der Waals surface area contributed by atoms with E-state index in [0.717, 1.165) is 23.5 Å². The Labute approximate surface area is 170 Å². The zero-order chi connectivity index (χ0) is 22.4. The zero-order valence-corrected chi connectivity index (χ0v) is 18.0. The van der Waals surface area contributed by atoms with Crippen LogP contribution in [0.25, 0.3) is 10.2 Å². The topological polar surface area (TPSA) is 68.7 Å². The van der Waals surface area contributed by atoms with Crippen LogP contribution in [-0.4, -0.2) is 28.4 Å². The van der Waals surface area contributed by atoms with E-state index in [0.29, 0.717) is 4.90 Å². The highest BCUT2D eigenvalue weighted by Crippen LogP contribution is 2.37. The van der Waals surface area contributed by atoms with Crippen molar-refractivity contribution in [2.75, 3.05) is 4.90 Å². The molecule has 160 valence electrons. The average Bonchev–Trinajstić information content (AvgIpc) is 2.86. The Balaban J connectivity index is 2.57. The standard InChI is InChI=1S/C19H23F3N2O4S/c1-10-8-11(19(20,21)22)9-12-13(10)23-14(29-12)24(15(25)27-17(2,3)4)16(26)28-18(5,6)7/h8-9H,1-7H3. The molecule has 0 aliphatic rings. The first-order valence-electron chi connectivity index (χ1n) is 8.72. The lowest BCUT2D eigenvalue weighted by Gasteiger charge is -2.27. The molecule has 0 radical (unpaired) electrons. The molecule has 2 amide bonds. The molecule has 0 N–H and O–H groups in total. The minimum Gasteiger partial charge on any atom is -0.443 e. The number of rotatable bonds is 1. The van der Waals surface area contributed by atoms with Crippen molar-refractivity contribution in [2.45, 2.75) is 65.8 Å². The Bertz CT molecular complexity index is 912. The van der Waals surface area contributed by atoms with Gasteiger partial charge < -0.3 is 9.47 Å². The minimum absolute atomic E-state index is 0.133. The van der Waals surface area contributed by atoms with Gasteiger partial charge in [-0.25, -0.2) is 14.6 Å². The largest absolute Gasteiger partial charge is 0.443 e. The summed E-state index contributed by atoms with van der Waals surface area (Å²) in [6, 6.07) is 1.91. The van der Waals surface area contributed by atoms with Crippen molar-refractivity contribution in [3.8, 4) is 0 Å². The van der Waals surface area contributed by atoms with E-state index in [1.165, 1.54) is 6.92 Å². The second-order valence-electron chi connectivity index (χ2n) is 8.43. The Morgan fingerprint density at radius 1 is 0.966 bits per heavy atom. The number of carbonyl (C=O) groups excluding carboxylic acids is 2. The summed E-state index contributed by atoms with van der Waals surface area (Å²) in [5.74, 6) is 0. The molecule has 0 aliphatic heterocycles. The van der Waals surface area contributed by atoms with Gasteiger partial charge in [-0.15, -0.1) is 0 Å². The van der Waals surface area contributed by atoms with E-state index in [4.69, 9.17) is 9.47 Å². The predicted octanol–water partition coefficient (Wildman–Crippen LogP) is 6.30. The first-order valence-corrected chi connectivity index (χ1v) is 9.54. The van der Waals surface area contributed by atoms with Crippen molar-refractivity contribution >= 4 is 38.9 Å². The second-order valence-corrected chi connectivity index (χ2v) is 9.44. The van der Waals surface area contributed by atoms with E-state index in [2.05, 4.69) is 4.98 Å².